The van der Waals surface area contributed by atoms with Gasteiger partial charge in [0.2, 0.25) is 0 Å². The normalized spacial score (nSPS) is 6.57. The summed E-state index contributed by atoms with van der Waals surface area (Å²) < 4.78 is 0. The predicted molar refractivity (Wildman–Crippen MR) is 26.5 cm³/mol. The van der Waals surface area contributed by atoms with E-state index in [1.54, 1.807) is 6.92 Å². The third kappa shape index (κ3) is 20.8. The molecular formula is C4H9NOY-2. The fraction of sp³-hybridized carbons (Fsp3) is 0.500. The van der Waals surface area contributed by atoms with E-state index in [9.17, 15) is 0 Å². The second-order valence-corrected chi connectivity index (χ2v) is 0.497. The molecule has 1 radical (unpaired) electrons. The minimum absolute atomic E-state index is 0. The summed E-state index contributed by atoms with van der Waals surface area (Å²) in [6.07, 6.45) is 2.42. The van der Waals surface area contributed by atoms with Crippen molar-refractivity contribution >= 4 is 6.21 Å². The Labute approximate surface area is 70.2 Å². The molecule has 7 heavy (non-hydrogen) atoms. The number of rotatable bonds is 1. The molecule has 0 N–H and O–H groups in total. The molecule has 41 valence electrons. The fourth-order valence-electron chi connectivity index (χ4n) is 0.0913. The monoisotopic (exact) mass is 176 g/mol. The maximum Gasteiger partial charge on any atom is 0.102 e. The van der Waals surface area contributed by atoms with Crippen molar-refractivity contribution in [3.8, 4) is 0 Å². The van der Waals surface area contributed by atoms with Gasteiger partial charge in [-0.15, -0.1) is 0 Å². The van der Waals surface area contributed by atoms with Gasteiger partial charge in [0.15, 0.2) is 0 Å². The average molecular weight is 176 g/mol. The van der Waals surface area contributed by atoms with Crippen LogP contribution in [-0.2, 0) is 37.5 Å². The van der Waals surface area contributed by atoms with Crippen molar-refractivity contribution in [1.29, 1.82) is 0 Å². The van der Waals surface area contributed by atoms with Crippen LogP contribution in [0.5, 0.6) is 0 Å². The molecule has 0 aliphatic carbocycles. The van der Waals surface area contributed by atoms with E-state index in [1.165, 1.54) is 7.11 Å². The van der Waals surface area contributed by atoms with Crippen LogP contribution in [0.2, 0.25) is 0 Å². The molecule has 0 fully saturated rings. The maximum atomic E-state index is 4.20. The number of hydrogen-bond donors (Lipinski definition) is 0. The number of nitrogens with zero attached hydrogens (tertiary/aromatic N) is 1. The molecule has 0 aromatic heterocycles. The third-order valence-electron chi connectivity index (χ3n) is 0.183. The SMILES string of the molecule is C[C-]=NOC.[CH3-].[Y]. The van der Waals surface area contributed by atoms with E-state index in [1.807, 2.05) is 0 Å². The smallest absolute Gasteiger partial charge is 0.102 e. The standard InChI is InChI=1S/C3H6NO.CH3.Y/c1-3-4-5-2;;/h1-2H3;1H3;/q2*-1;. The summed E-state index contributed by atoms with van der Waals surface area (Å²) in [5, 5.41) is 3.22. The fourth-order valence-corrected chi connectivity index (χ4v) is 0.0913. The van der Waals surface area contributed by atoms with E-state index >= 15 is 0 Å². The first-order chi connectivity index (χ1) is 2.41. The van der Waals surface area contributed by atoms with Gasteiger partial charge in [0.1, 0.15) is 7.11 Å². The van der Waals surface area contributed by atoms with Crippen molar-refractivity contribution in [3.63, 3.8) is 0 Å². The topological polar surface area (TPSA) is 21.6 Å². The molecule has 0 aromatic rings. The van der Waals surface area contributed by atoms with Gasteiger partial charge in [0.25, 0.3) is 0 Å². The second-order valence-electron chi connectivity index (χ2n) is 0.497. The third-order valence-corrected chi connectivity index (χ3v) is 0.183. The molecule has 0 saturated heterocycles. The summed E-state index contributed by atoms with van der Waals surface area (Å²) in [5.74, 6) is 0. The second kappa shape index (κ2) is 16.0. The Bertz CT molecular complexity index is 38.7. The van der Waals surface area contributed by atoms with Gasteiger partial charge in [-0.1, -0.05) is 0 Å². The van der Waals surface area contributed by atoms with Crippen molar-refractivity contribution in [2.45, 2.75) is 6.92 Å². The predicted octanol–water partition coefficient (Wildman–Crippen LogP) is 0.963. The molecule has 0 saturated carbocycles. The molecule has 0 atom stereocenters. The zero-order valence-electron chi connectivity index (χ0n) is 4.93. The van der Waals surface area contributed by atoms with Gasteiger partial charge >= 0.3 is 0 Å². The van der Waals surface area contributed by atoms with Gasteiger partial charge in [-0.2, -0.15) is 6.92 Å². The Hall–Kier alpha value is 0.574. The van der Waals surface area contributed by atoms with Crippen molar-refractivity contribution < 1.29 is 37.5 Å². The quantitative estimate of drug-likeness (QED) is 0.331. The number of hydrogen-bond acceptors (Lipinski definition) is 2. The molecule has 0 spiro atoms. The Morgan fingerprint density at radius 3 is 2.00 bits per heavy atom. The van der Waals surface area contributed by atoms with Gasteiger partial charge < -0.3 is 23.6 Å². The molecule has 0 rings (SSSR count). The molecule has 0 aliphatic rings. The van der Waals surface area contributed by atoms with Crippen LogP contribution in [0.25, 0.3) is 0 Å². The summed E-state index contributed by atoms with van der Waals surface area (Å²) >= 11 is 0. The minimum Gasteiger partial charge on any atom is -0.436 e. The minimum atomic E-state index is 0. The van der Waals surface area contributed by atoms with E-state index < -0.39 is 0 Å². The Morgan fingerprint density at radius 1 is 1.57 bits per heavy atom. The van der Waals surface area contributed by atoms with E-state index in [0.29, 0.717) is 0 Å². The molecule has 0 bridgehead atoms. The van der Waals surface area contributed by atoms with E-state index in [0.717, 1.165) is 0 Å². The summed E-state index contributed by atoms with van der Waals surface area (Å²) in [5.41, 5.74) is 0. The molecule has 0 heterocycles. The van der Waals surface area contributed by atoms with Gasteiger partial charge in [-0.05, 0) is 0 Å². The summed E-state index contributed by atoms with van der Waals surface area (Å²) in [7, 11) is 1.48. The first kappa shape index (κ1) is 15.6. The van der Waals surface area contributed by atoms with Crippen molar-refractivity contribution in [2.24, 2.45) is 5.16 Å². The van der Waals surface area contributed by atoms with Gasteiger partial charge in [0.05, 0.1) is 0 Å². The van der Waals surface area contributed by atoms with Crippen molar-refractivity contribution in [3.05, 3.63) is 7.43 Å². The van der Waals surface area contributed by atoms with Crippen LogP contribution in [0.3, 0.4) is 0 Å². The van der Waals surface area contributed by atoms with E-state index in [4.69, 9.17) is 0 Å². The Kier molecular flexibility index (Phi) is 35.7. The Balaban J connectivity index is -0.0000000800. The van der Waals surface area contributed by atoms with Gasteiger partial charge in [-0.25, -0.2) is 0 Å². The first-order valence-electron chi connectivity index (χ1n) is 1.31. The average Bonchev–Trinajstić information content (AvgIpc) is 1.41. The molecule has 0 aliphatic heterocycles. The van der Waals surface area contributed by atoms with Crippen LogP contribution in [-0.4, -0.2) is 13.3 Å². The van der Waals surface area contributed by atoms with Crippen molar-refractivity contribution in [2.75, 3.05) is 7.11 Å². The molecule has 0 unspecified atom stereocenters. The summed E-state index contributed by atoms with van der Waals surface area (Å²) in [4.78, 5) is 4.20. The zero-order valence-corrected chi connectivity index (χ0v) is 7.77. The summed E-state index contributed by atoms with van der Waals surface area (Å²) in [6, 6.07) is 0. The largest absolute Gasteiger partial charge is 0.436 e. The molecule has 3 heteroatoms. The van der Waals surface area contributed by atoms with Crippen LogP contribution in [0, 0.1) is 7.43 Å². The van der Waals surface area contributed by atoms with Gasteiger partial charge in [0, 0.05) is 32.7 Å². The van der Waals surface area contributed by atoms with Crippen molar-refractivity contribution in [1.82, 2.24) is 0 Å². The maximum absolute atomic E-state index is 4.20. The van der Waals surface area contributed by atoms with E-state index in [2.05, 4.69) is 16.2 Å². The van der Waals surface area contributed by atoms with E-state index in [-0.39, 0.29) is 40.1 Å². The zero-order chi connectivity index (χ0) is 4.12. The first-order valence-corrected chi connectivity index (χ1v) is 1.31. The van der Waals surface area contributed by atoms with Gasteiger partial charge in [-0.3, -0.25) is 0 Å². The molecular weight excluding hydrogens is 167 g/mol. The van der Waals surface area contributed by atoms with Crippen LogP contribution >= 0.6 is 0 Å². The van der Waals surface area contributed by atoms with Crippen LogP contribution in [0.4, 0.5) is 0 Å². The van der Waals surface area contributed by atoms with Crippen LogP contribution in [0.15, 0.2) is 5.16 Å². The molecule has 0 aromatic carbocycles. The van der Waals surface area contributed by atoms with Crippen LogP contribution in [0.1, 0.15) is 6.92 Å². The summed E-state index contributed by atoms with van der Waals surface area (Å²) in [6.45, 7) is 1.67. The Morgan fingerprint density at radius 2 is 2.00 bits per heavy atom. The molecule has 2 nitrogen and oxygen atoms in total. The molecule has 0 amide bonds. The van der Waals surface area contributed by atoms with Crippen LogP contribution < -0.4 is 0 Å².